The second-order valence-corrected chi connectivity index (χ2v) is 32.4. The molecule has 19 aromatic carbocycles. The molecule has 4 aliphatic rings. The first kappa shape index (κ1) is 56.2. The Morgan fingerprint density at radius 2 is 0.770 bits per heavy atom. The Balaban J connectivity index is 0.793. The summed E-state index contributed by atoms with van der Waals surface area (Å²) in [5, 5.41) is 8.88. The van der Waals surface area contributed by atoms with Gasteiger partial charge >= 0.3 is 0 Å². The van der Waals surface area contributed by atoms with Crippen molar-refractivity contribution in [2.75, 3.05) is 15.5 Å². The van der Waals surface area contributed by atoms with Crippen LogP contribution in [0.4, 0.5) is 39.8 Å². The zero-order chi connectivity index (χ0) is 94.3. The van der Waals surface area contributed by atoms with E-state index < -0.39 is 101 Å². The van der Waals surface area contributed by atoms with Crippen molar-refractivity contribution in [2.24, 2.45) is 0 Å². The fraction of sp³-hybridized carbons (Fsp3) is 0.0172. The molecule has 0 fully saturated rings. The molecule has 0 saturated carbocycles. The molecule has 20 aromatic rings. The van der Waals surface area contributed by atoms with Crippen LogP contribution in [0.5, 0.6) is 0 Å². The van der Waals surface area contributed by atoms with E-state index in [1.165, 1.54) is 51.7 Å². The molecule has 122 heavy (non-hydrogen) atoms. The first-order valence-corrected chi connectivity index (χ1v) is 41.6. The predicted octanol–water partition coefficient (Wildman–Crippen LogP) is 28.9. The Bertz CT molecular complexity index is 8450. The molecule has 0 bridgehead atoms. The zero-order valence-electron chi connectivity index (χ0n) is 81.4. The van der Waals surface area contributed by atoms with Crippen LogP contribution in [0.3, 0.4) is 0 Å². The number of hydrogen-bond donors (Lipinski definition) is 2. The lowest BCUT2D eigenvalue weighted by Crippen LogP contribution is -2.41. The highest BCUT2D eigenvalue weighted by Gasteiger charge is 2.52. The minimum absolute atomic E-state index is 0.0992. The molecule has 6 heteroatoms. The number of nitrogens with zero attached hydrogens (tertiary/aromatic N) is 2. The lowest BCUT2D eigenvalue weighted by molar-refractivity contribution is 0.768. The third-order valence-electron chi connectivity index (χ3n) is 24.9. The normalized spacial score (nSPS) is 15.0. The van der Waals surface area contributed by atoms with Gasteiger partial charge < -0.3 is 20.1 Å². The molecule has 0 atom stereocenters. The molecule has 24 rings (SSSR count). The van der Waals surface area contributed by atoms with Crippen LogP contribution < -0.4 is 26.5 Å². The lowest BCUT2D eigenvalue weighted by Gasteiger charge is -2.38. The molecule has 569 valence electrons. The monoisotopic (exact) mass is 1580 g/mol. The number of fused-ring (bicyclic) bond motifs is 18. The van der Waals surface area contributed by atoms with Gasteiger partial charge in [-0.15, -0.1) is 0 Å². The Hall–Kier alpha value is -15.2. The molecule has 0 unspecified atom stereocenters. The van der Waals surface area contributed by atoms with Crippen LogP contribution in [0.15, 0.2) is 458 Å². The van der Waals surface area contributed by atoms with Gasteiger partial charge in [-0.2, -0.15) is 0 Å². The van der Waals surface area contributed by atoms with Crippen molar-refractivity contribution in [3.63, 3.8) is 0 Å². The van der Waals surface area contributed by atoms with Gasteiger partial charge in [0.25, 0.3) is 0 Å². The van der Waals surface area contributed by atoms with Gasteiger partial charge in [0.1, 0.15) is 0 Å². The maximum Gasteiger partial charge on any atom is 0.198 e. The number of benzene rings is 19. The van der Waals surface area contributed by atoms with E-state index in [-0.39, 0.29) is 39.7 Å². The number of aromatic nitrogens is 1. The Labute approximate surface area is 737 Å². The fourth-order valence-electron chi connectivity index (χ4n) is 19.9. The van der Waals surface area contributed by atoms with Crippen LogP contribution in [0.25, 0.3) is 117 Å². The molecule has 2 heterocycles. The van der Waals surface area contributed by atoms with Gasteiger partial charge in [-0.3, -0.25) is 0 Å². The molecule has 1 spiro atoms. The molecule has 1 radical (unpaired) electrons. The van der Waals surface area contributed by atoms with E-state index >= 15 is 0 Å². The summed E-state index contributed by atoms with van der Waals surface area (Å²) in [5.41, 5.74) is 25.9. The van der Waals surface area contributed by atoms with Crippen molar-refractivity contribution in [3.8, 4) is 94.7 Å². The van der Waals surface area contributed by atoms with Crippen LogP contribution in [0.2, 0.25) is 0 Å². The number of anilines is 7. The van der Waals surface area contributed by atoms with Crippen LogP contribution in [-0.2, 0) is 10.8 Å². The van der Waals surface area contributed by atoms with Crippen molar-refractivity contribution in [1.29, 1.82) is 0 Å². The highest BCUT2D eigenvalue weighted by molar-refractivity contribution is 7.99. The summed E-state index contributed by atoms with van der Waals surface area (Å²) in [6, 6.07) is 114. The largest absolute Gasteiger partial charge is 0.355 e. The van der Waals surface area contributed by atoms with Crippen LogP contribution in [0.1, 0.15) is 66.4 Å². The van der Waals surface area contributed by atoms with Crippen molar-refractivity contribution in [1.82, 2.24) is 4.57 Å². The summed E-state index contributed by atoms with van der Waals surface area (Å²) in [6.45, 7) is 0. The Kier molecular flexibility index (Phi) is 13.3. The average molecular weight is 1580 g/mol. The smallest absolute Gasteiger partial charge is 0.198 e. The molecule has 1 aliphatic heterocycles. The van der Waals surface area contributed by atoms with E-state index in [9.17, 15) is 8.22 Å². The molecule has 2 N–H and O–H groups in total. The molecular formula is C116H76BN4S. The molecule has 4 nitrogen and oxygen atoms in total. The quantitative estimate of drug-likeness (QED) is 0.100. The summed E-state index contributed by atoms with van der Waals surface area (Å²) in [5.74, 6) is 0. The van der Waals surface area contributed by atoms with Gasteiger partial charge in [-0.25, -0.2) is 0 Å². The highest BCUT2D eigenvalue weighted by Crippen LogP contribution is 2.64. The van der Waals surface area contributed by atoms with Crippen molar-refractivity contribution >= 4 is 91.6 Å². The van der Waals surface area contributed by atoms with Crippen LogP contribution >= 0.6 is 11.8 Å². The lowest BCUT2D eigenvalue weighted by atomic mass is 9.60. The van der Waals surface area contributed by atoms with Gasteiger partial charge in [-0.05, 0) is 214 Å². The summed E-state index contributed by atoms with van der Waals surface area (Å²) in [6.07, 6.45) is 0. The summed E-state index contributed by atoms with van der Waals surface area (Å²) >= 11 is 1.47. The topological polar surface area (TPSA) is 32.2 Å². The highest BCUT2D eigenvalue weighted by atomic mass is 32.2. The number of nitrogens with one attached hydrogen (secondary N) is 2. The second-order valence-electron chi connectivity index (χ2n) is 31.3. The zero-order valence-corrected chi connectivity index (χ0v) is 66.2. The molecule has 1 aromatic heterocycles. The van der Waals surface area contributed by atoms with E-state index in [4.69, 9.17) is 13.7 Å². The van der Waals surface area contributed by atoms with E-state index in [0.717, 1.165) is 127 Å². The molecular weight excluding hydrogens is 1490 g/mol. The second kappa shape index (κ2) is 28.8. The molecule has 0 saturated heterocycles. The first-order valence-electron chi connectivity index (χ1n) is 48.8. The van der Waals surface area contributed by atoms with E-state index in [2.05, 4.69) is 306 Å². The van der Waals surface area contributed by atoms with Gasteiger partial charge in [0.05, 0.1) is 49.5 Å². The van der Waals surface area contributed by atoms with Gasteiger partial charge in [0.2, 0.25) is 0 Å². The number of rotatable bonds is 15. The average Bonchev–Trinajstić information content (AvgIpc) is 1.50. The minimum Gasteiger partial charge on any atom is -0.355 e. The first-order chi connectivity index (χ1) is 67.1. The summed E-state index contributed by atoms with van der Waals surface area (Å²) in [4.78, 5) is 3.80. The maximum absolute atomic E-state index is 9.85. The van der Waals surface area contributed by atoms with Gasteiger partial charge in [-0.1, -0.05) is 369 Å². The van der Waals surface area contributed by atoms with E-state index in [0.29, 0.717) is 33.1 Å². The van der Waals surface area contributed by atoms with Crippen molar-refractivity contribution in [2.45, 2.75) is 20.6 Å². The van der Waals surface area contributed by atoms with Crippen molar-refractivity contribution < 1.29 is 21.9 Å². The van der Waals surface area contributed by atoms with Gasteiger partial charge in [0, 0.05) is 82.6 Å². The number of para-hydroxylation sites is 5. The molecule has 0 amide bonds. The predicted molar refractivity (Wildman–Crippen MR) is 511 cm³/mol. The van der Waals surface area contributed by atoms with E-state index in [1.807, 2.05) is 54.6 Å². The summed E-state index contributed by atoms with van der Waals surface area (Å²) in [7, 11) is 2.16. The third-order valence-corrected chi connectivity index (χ3v) is 25.9. The van der Waals surface area contributed by atoms with Gasteiger partial charge in [0.15, 0.2) is 7.28 Å². The standard InChI is InChI=1S/C116H76BN4S/c1-6-32-75(33-7-1)87-44-20-27-57-106(87)118-83-40-30-43-86(73-83)122-112-72-80(77-62-67-109-98(68-77)95-50-22-29-59-108(95)120(109)85-41-14-5-15-42-85)71-111-113(112)117-105-66-63-84(119-107-58-28-21-45-88(107)76-34-8-2-9-35-76)74-110(105)121(111)114-89(78-60-64-103-96(69-78)93-48-18-23-53-99(93)115(103,81-36-10-3-11-37-81)82-38-12-4-13-39-82)51-31-52-90(114)79-61-65-104-97(70-79)94-49-19-26-56-102(94)116(104)100-54-24-16-46-91(100)92-47-17-25-55-101(92)116/h1-74,118-119H/i1D,2D,6D,7D,8D,9D,20D,21D,27D,28D,32D,34D,44D,45D,57D,58D. The van der Waals surface area contributed by atoms with Crippen LogP contribution in [0, 0.1) is 0 Å². The minimum atomic E-state index is -0.763. The Morgan fingerprint density at radius 3 is 1.39 bits per heavy atom. The molecule has 3 aliphatic carbocycles. The third kappa shape index (κ3) is 11.2. The maximum atomic E-state index is 9.85. The number of hydrogen-bond acceptors (Lipinski definition) is 4. The SMILES string of the molecule is [2H]c1cc(-c2c([2H])c([2H])c([2H])c([2H])c2Nc2cccc(Sc3cc(-c4ccc5c(c4)c4ccccc4n5-c4ccccc4)cc4c3[B]c3ccc(Nc5c([2H])c([2H])c([2H])c([2H])c5-c5cc([2H])c([2H])c([2H])c5[2H])cc3N4c3c(-c4ccc5c(c4)-c4ccccc4C5(c4ccccc4)c4ccccc4)cccc3-c3ccc4c(c3)-c3ccccc3C43c4ccccc4-c4ccccc43)c2)c([2H])c([2H])c1[2H]. The fourth-order valence-corrected chi connectivity index (χ4v) is 20.9. The van der Waals surface area contributed by atoms with Crippen LogP contribution in [-0.4, -0.2) is 11.8 Å². The Morgan fingerprint density at radius 1 is 0.287 bits per heavy atom. The van der Waals surface area contributed by atoms with Crippen molar-refractivity contribution in [3.05, 3.63) is 493 Å². The van der Waals surface area contributed by atoms with E-state index in [1.54, 1.807) is 6.07 Å². The summed E-state index contributed by atoms with van der Waals surface area (Å²) < 4.78 is 148.